The van der Waals surface area contributed by atoms with Crippen molar-refractivity contribution in [3.63, 3.8) is 0 Å². The first kappa shape index (κ1) is 17.8. The molecule has 23 heavy (non-hydrogen) atoms. The molecule has 0 spiro atoms. The number of anilines is 1. The molecular formula is C18H24ClNO3. The molecule has 1 fully saturated rings. The molecule has 1 heterocycles. The SMILES string of the molecule is C=CCc1c(C(=O)OC)cc(Cl)cc1N(CC)C1CCOCC1. The maximum Gasteiger partial charge on any atom is 0.338 e. The molecule has 0 aromatic heterocycles. The van der Waals surface area contributed by atoms with Gasteiger partial charge in [-0.2, -0.15) is 0 Å². The van der Waals surface area contributed by atoms with Crippen LogP contribution in [-0.2, 0) is 15.9 Å². The quantitative estimate of drug-likeness (QED) is 0.583. The van der Waals surface area contributed by atoms with Crippen LogP contribution in [0.25, 0.3) is 0 Å². The molecule has 1 aromatic carbocycles. The third-order valence-electron chi connectivity index (χ3n) is 4.23. The van der Waals surface area contributed by atoms with Gasteiger partial charge in [-0.1, -0.05) is 17.7 Å². The molecule has 2 rings (SSSR count). The Kier molecular flexibility index (Phi) is 6.48. The van der Waals surface area contributed by atoms with Gasteiger partial charge in [0.1, 0.15) is 0 Å². The monoisotopic (exact) mass is 337 g/mol. The molecule has 1 aliphatic rings. The third kappa shape index (κ3) is 4.06. The van der Waals surface area contributed by atoms with E-state index in [0.29, 0.717) is 23.0 Å². The second-order valence-electron chi connectivity index (χ2n) is 5.56. The lowest BCUT2D eigenvalue weighted by atomic mass is 9.98. The van der Waals surface area contributed by atoms with Crippen molar-refractivity contribution in [3.8, 4) is 0 Å². The summed E-state index contributed by atoms with van der Waals surface area (Å²) in [5.74, 6) is -0.367. The molecule has 0 unspecified atom stereocenters. The number of esters is 1. The van der Waals surface area contributed by atoms with Gasteiger partial charge < -0.3 is 14.4 Å². The average molecular weight is 338 g/mol. The lowest BCUT2D eigenvalue weighted by Gasteiger charge is -2.37. The Labute approximate surface area is 143 Å². The van der Waals surface area contributed by atoms with Crippen molar-refractivity contribution in [2.45, 2.75) is 32.2 Å². The van der Waals surface area contributed by atoms with Crippen molar-refractivity contribution in [1.82, 2.24) is 0 Å². The number of halogens is 1. The van der Waals surface area contributed by atoms with E-state index >= 15 is 0 Å². The van der Waals surface area contributed by atoms with Crippen LogP contribution in [0.3, 0.4) is 0 Å². The predicted molar refractivity (Wildman–Crippen MR) is 93.6 cm³/mol. The highest BCUT2D eigenvalue weighted by molar-refractivity contribution is 6.31. The molecule has 0 radical (unpaired) electrons. The minimum atomic E-state index is -0.367. The molecule has 0 amide bonds. The standard InChI is InChI=1S/C18H24ClNO3/c1-4-6-15-16(18(21)22-3)11-13(19)12-17(15)20(5-2)14-7-9-23-10-8-14/h4,11-12,14H,1,5-10H2,2-3H3. The molecule has 0 bridgehead atoms. The van der Waals surface area contributed by atoms with E-state index in [1.807, 2.05) is 6.07 Å². The van der Waals surface area contributed by atoms with Crippen LogP contribution < -0.4 is 4.90 Å². The third-order valence-corrected chi connectivity index (χ3v) is 4.44. The second-order valence-corrected chi connectivity index (χ2v) is 6.00. The lowest BCUT2D eigenvalue weighted by molar-refractivity contribution is 0.0599. The first-order valence-electron chi connectivity index (χ1n) is 7.98. The van der Waals surface area contributed by atoms with Gasteiger partial charge in [-0.3, -0.25) is 0 Å². The molecule has 1 saturated heterocycles. The van der Waals surface area contributed by atoms with E-state index in [-0.39, 0.29) is 5.97 Å². The smallest absolute Gasteiger partial charge is 0.338 e. The number of benzene rings is 1. The van der Waals surface area contributed by atoms with E-state index in [9.17, 15) is 4.79 Å². The summed E-state index contributed by atoms with van der Waals surface area (Å²) in [4.78, 5) is 14.5. The molecule has 0 aliphatic carbocycles. The van der Waals surface area contributed by atoms with E-state index in [2.05, 4.69) is 18.4 Å². The predicted octanol–water partition coefficient (Wildman–Crippen LogP) is 3.86. The van der Waals surface area contributed by atoms with Gasteiger partial charge in [-0.25, -0.2) is 4.79 Å². The summed E-state index contributed by atoms with van der Waals surface area (Å²) in [6, 6.07) is 4.00. The number of carbonyl (C=O) groups excluding carboxylic acids is 1. The zero-order valence-electron chi connectivity index (χ0n) is 13.8. The number of hydrogen-bond acceptors (Lipinski definition) is 4. The Morgan fingerprint density at radius 3 is 2.74 bits per heavy atom. The van der Waals surface area contributed by atoms with Crippen LogP contribution in [0.4, 0.5) is 5.69 Å². The summed E-state index contributed by atoms with van der Waals surface area (Å²) < 4.78 is 10.4. The number of carbonyl (C=O) groups is 1. The molecule has 0 atom stereocenters. The number of methoxy groups -OCH3 is 1. The molecule has 4 nitrogen and oxygen atoms in total. The van der Waals surface area contributed by atoms with Crippen molar-refractivity contribution in [3.05, 3.63) is 40.9 Å². The number of hydrogen-bond donors (Lipinski definition) is 0. The summed E-state index contributed by atoms with van der Waals surface area (Å²) in [5, 5.41) is 0.540. The van der Waals surface area contributed by atoms with E-state index in [4.69, 9.17) is 21.1 Å². The van der Waals surface area contributed by atoms with Crippen LogP contribution in [0.15, 0.2) is 24.8 Å². The van der Waals surface area contributed by atoms with Crippen LogP contribution in [0.2, 0.25) is 5.02 Å². The van der Waals surface area contributed by atoms with Gasteiger partial charge in [0.15, 0.2) is 0 Å². The molecule has 126 valence electrons. The van der Waals surface area contributed by atoms with E-state index in [0.717, 1.165) is 43.9 Å². The summed E-state index contributed by atoms with van der Waals surface area (Å²) in [7, 11) is 1.39. The summed E-state index contributed by atoms with van der Waals surface area (Å²) in [6.45, 7) is 8.31. The van der Waals surface area contributed by atoms with Crippen molar-refractivity contribution < 1.29 is 14.3 Å². The van der Waals surface area contributed by atoms with Gasteiger partial charge >= 0.3 is 5.97 Å². The van der Waals surface area contributed by atoms with E-state index in [1.165, 1.54) is 7.11 Å². The topological polar surface area (TPSA) is 38.8 Å². The highest BCUT2D eigenvalue weighted by Gasteiger charge is 2.25. The minimum absolute atomic E-state index is 0.367. The van der Waals surface area contributed by atoms with E-state index < -0.39 is 0 Å². The largest absolute Gasteiger partial charge is 0.465 e. The van der Waals surface area contributed by atoms with Crippen molar-refractivity contribution in [1.29, 1.82) is 0 Å². The summed E-state index contributed by atoms with van der Waals surface area (Å²) in [6.07, 6.45) is 4.34. The van der Waals surface area contributed by atoms with Gasteiger partial charge in [0.25, 0.3) is 0 Å². The zero-order valence-corrected chi connectivity index (χ0v) is 14.6. The molecule has 0 saturated carbocycles. The van der Waals surface area contributed by atoms with Crippen molar-refractivity contribution in [2.24, 2.45) is 0 Å². The van der Waals surface area contributed by atoms with Crippen LogP contribution in [0, 0.1) is 0 Å². The van der Waals surface area contributed by atoms with Crippen LogP contribution in [0.1, 0.15) is 35.7 Å². The number of allylic oxidation sites excluding steroid dienone is 1. The highest BCUT2D eigenvalue weighted by Crippen LogP contribution is 2.33. The lowest BCUT2D eigenvalue weighted by Crippen LogP contribution is -2.40. The second kappa shape index (κ2) is 8.37. The Bertz CT molecular complexity index is 568. The first-order valence-corrected chi connectivity index (χ1v) is 8.36. The van der Waals surface area contributed by atoms with Gasteiger partial charge in [-0.15, -0.1) is 6.58 Å². The Balaban J connectivity index is 2.50. The van der Waals surface area contributed by atoms with Crippen LogP contribution in [-0.4, -0.2) is 38.9 Å². The van der Waals surface area contributed by atoms with Crippen molar-refractivity contribution in [2.75, 3.05) is 31.8 Å². The number of nitrogens with zero attached hydrogens (tertiary/aromatic N) is 1. The molecule has 0 N–H and O–H groups in total. The molecule has 1 aliphatic heterocycles. The summed E-state index contributed by atoms with van der Waals surface area (Å²) in [5.41, 5.74) is 2.43. The van der Waals surface area contributed by atoms with Gasteiger partial charge in [0.05, 0.1) is 12.7 Å². The van der Waals surface area contributed by atoms with E-state index in [1.54, 1.807) is 12.1 Å². The Morgan fingerprint density at radius 2 is 2.17 bits per heavy atom. The van der Waals surface area contributed by atoms with Gasteiger partial charge in [0, 0.05) is 36.5 Å². The minimum Gasteiger partial charge on any atom is -0.465 e. The van der Waals surface area contributed by atoms with Crippen LogP contribution >= 0.6 is 11.6 Å². The maximum absolute atomic E-state index is 12.1. The summed E-state index contributed by atoms with van der Waals surface area (Å²) >= 11 is 6.28. The first-order chi connectivity index (χ1) is 11.1. The Hall–Kier alpha value is -1.52. The molecular weight excluding hydrogens is 314 g/mol. The Morgan fingerprint density at radius 1 is 1.48 bits per heavy atom. The fraction of sp³-hybridized carbons (Fsp3) is 0.500. The fourth-order valence-corrected chi connectivity index (χ4v) is 3.36. The van der Waals surface area contributed by atoms with Gasteiger partial charge in [0.2, 0.25) is 0 Å². The van der Waals surface area contributed by atoms with Gasteiger partial charge in [-0.05, 0) is 43.9 Å². The average Bonchev–Trinajstić information content (AvgIpc) is 2.58. The molecule has 1 aromatic rings. The maximum atomic E-state index is 12.1. The van der Waals surface area contributed by atoms with Crippen LogP contribution in [0.5, 0.6) is 0 Å². The van der Waals surface area contributed by atoms with Crippen molar-refractivity contribution >= 4 is 23.3 Å². The number of rotatable bonds is 6. The number of ether oxygens (including phenoxy) is 2. The highest BCUT2D eigenvalue weighted by atomic mass is 35.5. The fourth-order valence-electron chi connectivity index (χ4n) is 3.15. The zero-order chi connectivity index (χ0) is 16.8. The molecule has 5 heteroatoms. The normalized spacial score (nSPS) is 15.3.